The lowest BCUT2D eigenvalue weighted by Gasteiger charge is -2.41. The molecule has 1 atom stereocenters. The Labute approximate surface area is 179 Å². The maximum Gasteiger partial charge on any atom is 0.239 e. The minimum atomic E-state index is -0.0998. The second kappa shape index (κ2) is 9.49. The fourth-order valence-electron chi connectivity index (χ4n) is 4.47. The van der Waals surface area contributed by atoms with Gasteiger partial charge < -0.3 is 14.9 Å². The second-order valence-electron chi connectivity index (χ2n) is 8.27. The summed E-state index contributed by atoms with van der Waals surface area (Å²) in [7, 11) is 0. The van der Waals surface area contributed by atoms with Crippen LogP contribution in [0.3, 0.4) is 0 Å². The Morgan fingerprint density at radius 1 is 0.867 bits per heavy atom. The highest BCUT2D eigenvalue weighted by atomic mass is 16.3. The van der Waals surface area contributed by atoms with Crippen LogP contribution in [0.4, 0.5) is 5.69 Å². The Morgan fingerprint density at radius 2 is 1.50 bits per heavy atom. The molecule has 0 radical (unpaired) electrons. The molecule has 0 bridgehead atoms. The molecule has 6 nitrogen and oxygen atoms in total. The summed E-state index contributed by atoms with van der Waals surface area (Å²) in [5.74, 6) is 0.564. The van der Waals surface area contributed by atoms with E-state index in [1.165, 1.54) is 5.56 Å². The molecule has 0 aromatic heterocycles. The molecule has 2 saturated heterocycles. The smallest absolute Gasteiger partial charge is 0.239 e. The third-order valence-electron chi connectivity index (χ3n) is 6.37. The van der Waals surface area contributed by atoms with Gasteiger partial charge in [-0.1, -0.05) is 42.5 Å². The van der Waals surface area contributed by atoms with Gasteiger partial charge in [-0.25, -0.2) is 0 Å². The molecule has 30 heavy (non-hydrogen) atoms. The van der Waals surface area contributed by atoms with Gasteiger partial charge in [0.25, 0.3) is 0 Å². The predicted molar refractivity (Wildman–Crippen MR) is 120 cm³/mol. The Bertz CT molecular complexity index is 828. The summed E-state index contributed by atoms with van der Waals surface area (Å²) < 4.78 is 0. The molecule has 0 spiro atoms. The minimum Gasteiger partial charge on any atom is -0.506 e. The number of phenols is 1. The van der Waals surface area contributed by atoms with E-state index in [1.54, 1.807) is 6.07 Å². The summed E-state index contributed by atoms with van der Waals surface area (Å²) in [6.45, 7) is 9.73. The van der Waals surface area contributed by atoms with Gasteiger partial charge in [0.15, 0.2) is 0 Å². The van der Waals surface area contributed by atoms with Crippen LogP contribution in [0.5, 0.6) is 5.75 Å². The fourth-order valence-corrected chi connectivity index (χ4v) is 4.47. The number of carbonyl (C=O) groups excluding carboxylic acids is 1. The Morgan fingerprint density at radius 3 is 2.17 bits per heavy atom. The Balaban J connectivity index is 1.25. The van der Waals surface area contributed by atoms with Gasteiger partial charge in [0, 0.05) is 58.9 Å². The zero-order valence-corrected chi connectivity index (χ0v) is 17.8. The van der Waals surface area contributed by atoms with Crippen LogP contribution in [0.25, 0.3) is 0 Å². The first-order valence-corrected chi connectivity index (χ1v) is 10.9. The molecular formula is C24H32N4O2. The van der Waals surface area contributed by atoms with Gasteiger partial charge in [0.05, 0.1) is 11.7 Å². The number of hydrogen-bond donors (Lipinski definition) is 1. The van der Waals surface area contributed by atoms with Gasteiger partial charge in [-0.3, -0.25) is 14.6 Å². The number of nitrogens with zero attached hydrogens (tertiary/aromatic N) is 4. The van der Waals surface area contributed by atoms with E-state index in [0.29, 0.717) is 5.75 Å². The van der Waals surface area contributed by atoms with Crippen molar-refractivity contribution in [3.05, 3.63) is 60.2 Å². The first-order chi connectivity index (χ1) is 14.6. The maximum absolute atomic E-state index is 13.1. The zero-order valence-electron chi connectivity index (χ0n) is 17.8. The summed E-state index contributed by atoms with van der Waals surface area (Å²) in [6, 6.07) is 17.9. The molecule has 1 N–H and O–H groups in total. The highest BCUT2D eigenvalue weighted by Crippen LogP contribution is 2.27. The average molecular weight is 409 g/mol. The number of amides is 1. The van der Waals surface area contributed by atoms with E-state index in [1.807, 2.05) is 36.1 Å². The summed E-state index contributed by atoms with van der Waals surface area (Å²) in [5, 5.41) is 10.1. The molecule has 1 amide bonds. The van der Waals surface area contributed by atoms with Crippen molar-refractivity contribution in [3.63, 3.8) is 0 Å². The van der Waals surface area contributed by atoms with Crippen molar-refractivity contribution in [2.24, 2.45) is 0 Å². The van der Waals surface area contributed by atoms with Crippen molar-refractivity contribution in [1.29, 1.82) is 0 Å². The van der Waals surface area contributed by atoms with Crippen LogP contribution in [0, 0.1) is 0 Å². The zero-order chi connectivity index (χ0) is 20.9. The lowest BCUT2D eigenvalue weighted by molar-refractivity contribution is -0.138. The fraction of sp³-hybridized carbons (Fsp3) is 0.458. The van der Waals surface area contributed by atoms with E-state index >= 15 is 0 Å². The van der Waals surface area contributed by atoms with Gasteiger partial charge in [-0.15, -0.1) is 0 Å². The number of anilines is 1. The molecule has 2 aromatic carbocycles. The first kappa shape index (κ1) is 20.7. The highest BCUT2D eigenvalue weighted by Gasteiger charge is 2.30. The van der Waals surface area contributed by atoms with Crippen LogP contribution in [0.2, 0.25) is 0 Å². The van der Waals surface area contributed by atoms with E-state index in [4.69, 9.17) is 0 Å². The lowest BCUT2D eigenvalue weighted by Crippen LogP contribution is -2.57. The predicted octanol–water partition coefficient (Wildman–Crippen LogP) is 2.25. The summed E-state index contributed by atoms with van der Waals surface area (Å²) in [5.41, 5.74) is 2.21. The minimum absolute atomic E-state index is 0.0998. The van der Waals surface area contributed by atoms with Crippen LogP contribution >= 0.6 is 0 Å². The van der Waals surface area contributed by atoms with Crippen molar-refractivity contribution in [2.75, 3.05) is 57.3 Å². The standard InChI is InChI=1S/C24H32N4O2/c1-20(26-15-17-27(18-16-26)22-9-5-6-10-23(22)29)24(30)28-13-11-25(12-14-28)19-21-7-3-2-4-8-21/h2-10,20,29H,11-19H2,1H3/t20-/m0/s1. The third-order valence-corrected chi connectivity index (χ3v) is 6.37. The number of hydrogen-bond acceptors (Lipinski definition) is 5. The van der Waals surface area contributed by atoms with E-state index in [0.717, 1.165) is 64.6 Å². The van der Waals surface area contributed by atoms with Gasteiger partial charge in [-0.05, 0) is 24.6 Å². The number of rotatable bonds is 5. The van der Waals surface area contributed by atoms with Crippen LogP contribution in [-0.2, 0) is 11.3 Å². The molecule has 2 heterocycles. The van der Waals surface area contributed by atoms with Crippen LogP contribution in [-0.4, -0.2) is 84.1 Å². The summed E-state index contributed by atoms with van der Waals surface area (Å²) in [6.07, 6.45) is 0. The summed E-state index contributed by atoms with van der Waals surface area (Å²) >= 11 is 0. The number of para-hydroxylation sites is 2. The van der Waals surface area contributed by atoms with Crippen molar-refractivity contribution < 1.29 is 9.90 Å². The number of benzene rings is 2. The Kier molecular flexibility index (Phi) is 6.55. The van der Waals surface area contributed by atoms with Gasteiger partial charge >= 0.3 is 0 Å². The highest BCUT2D eigenvalue weighted by molar-refractivity contribution is 5.81. The molecule has 2 aliphatic rings. The molecular weight excluding hydrogens is 376 g/mol. The maximum atomic E-state index is 13.1. The quantitative estimate of drug-likeness (QED) is 0.822. The molecule has 0 aliphatic carbocycles. The molecule has 2 fully saturated rings. The molecule has 2 aromatic rings. The van der Waals surface area contributed by atoms with Crippen molar-refractivity contribution in [2.45, 2.75) is 19.5 Å². The molecule has 6 heteroatoms. The number of aromatic hydroxyl groups is 1. The van der Waals surface area contributed by atoms with Gasteiger partial charge in [0.2, 0.25) is 5.91 Å². The van der Waals surface area contributed by atoms with Gasteiger partial charge in [0.1, 0.15) is 5.75 Å². The van der Waals surface area contributed by atoms with Crippen LogP contribution < -0.4 is 4.90 Å². The molecule has 0 saturated carbocycles. The van der Waals surface area contributed by atoms with E-state index in [2.05, 4.69) is 39.0 Å². The van der Waals surface area contributed by atoms with E-state index in [-0.39, 0.29) is 11.9 Å². The van der Waals surface area contributed by atoms with E-state index in [9.17, 15) is 9.90 Å². The lowest BCUT2D eigenvalue weighted by atomic mass is 10.1. The average Bonchev–Trinajstić information content (AvgIpc) is 2.80. The number of piperazine rings is 2. The molecule has 2 aliphatic heterocycles. The third kappa shape index (κ3) is 4.77. The normalized spacial score (nSPS) is 19.6. The van der Waals surface area contributed by atoms with Crippen molar-refractivity contribution in [3.8, 4) is 5.75 Å². The molecule has 160 valence electrons. The number of phenolic OH excluding ortho intramolecular Hbond substituents is 1. The van der Waals surface area contributed by atoms with Crippen molar-refractivity contribution in [1.82, 2.24) is 14.7 Å². The monoisotopic (exact) mass is 408 g/mol. The molecule has 0 unspecified atom stereocenters. The topological polar surface area (TPSA) is 50.3 Å². The first-order valence-electron chi connectivity index (χ1n) is 10.9. The largest absolute Gasteiger partial charge is 0.506 e. The molecule has 4 rings (SSSR count). The number of carbonyl (C=O) groups is 1. The Hall–Kier alpha value is -2.57. The van der Waals surface area contributed by atoms with Crippen LogP contribution in [0.1, 0.15) is 12.5 Å². The second-order valence-corrected chi connectivity index (χ2v) is 8.27. The van der Waals surface area contributed by atoms with E-state index < -0.39 is 0 Å². The SMILES string of the molecule is C[C@@H](C(=O)N1CCN(Cc2ccccc2)CC1)N1CCN(c2ccccc2O)CC1. The van der Waals surface area contributed by atoms with Crippen LogP contribution in [0.15, 0.2) is 54.6 Å². The van der Waals surface area contributed by atoms with Gasteiger partial charge in [-0.2, -0.15) is 0 Å². The van der Waals surface area contributed by atoms with Crippen molar-refractivity contribution >= 4 is 11.6 Å². The summed E-state index contributed by atoms with van der Waals surface area (Å²) in [4.78, 5) is 22.0.